The Morgan fingerprint density at radius 3 is 1.92 bits per heavy atom. The Bertz CT molecular complexity index is 770. The molecule has 0 unspecified atom stereocenters. The number of likely N-dealkylation sites (N-methyl/N-ethyl adjacent to an activating group) is 2. The molecule has 25 heavy (non-hydrogen) atoms. The molecule has 1 fully saturated rings. The number of nitrogens with zero attached hydrogens (tertiary/aromatic N) is 3. The van der Waals surface area contributed by atoms with Crippen LogP contribution in [0.4, 0.5) is 10.5 Å². The van der Waals surface area contributed by atoms with Crippen LogP contribution in [0.3, 0.4) is 0 Å². The second-order valence-electron chi connectivity index (χ2n) is 6.95. The molecule has 3 aliphatic heterocycles. The van der Waals surface area contributed by atoms with E-state index >= 15 is 0 Å². The second-order valence-corrected chi connectivity index (χ2v) is 6.95. The van der Waals surface area contributed by atoms with Crippen LogP contribution in [0.25, 0.3) is 6.08 Å². The lowest BCUT2D eigenvalue weighted by Gasteiger charge is -2.37. The number of imide groups is 2. The Morgan fingerprint density at radius 2 is 1.40 bits per heavy atom. The molecule has 1 saturated heterocycles. The number of rotatable bonds is 1. The molecule has 3 aliphatic rings. The van der Waals surface area contributed by atoms with Crippen molar-refractivity contribution < 1.29 is 14.4 Å². The summed E-state index contributed by atoms with van der Waals surface area (Å²) < 4.78 is 0. The van der Waals surface area contributed by atoms with E-state index in [1.54, 1.807) is 6.08 Å². The van der Waals surface area contributed by atoms with Crippen molar-refractivity contribution >= 4 is 29.6 Å². The zero-order chi connectivity index (χ0) is 17.7. The average Bonchev–Trinajstić information content (AvgIpc) is 2.62. The molecular formula is C19H21N3O3. The molecule has 0 atom stereocenters. The van der Waals surface area contributed by atoms with Gasteiger partial charge in [-0.2, -0.15) is 0 Å². The highest BCUT2D eigenvalue weighted by Gasteiger charge is 2.38. The van der Waals surface area contributed by atoms with Crippen LogP contribution in [0.5, 0.6) is 0 Å². The number of carbonyl (C=O) groups excluding carboxylic acids is 3. The Balaban J connectivity index is 1.78. The van der Waals surface area contributed by atoms with Gasteiger partial charge in [-0.15, -0.1) is 0 Å². The van der Waals surface area contributed by atoms with Crippen molar-refractivity contribution in [2.24, 2.45) is 0 Å². The van der Waals surface area contributed by atoms with Crippen molar-refractivity contribution in [3.63, 3.8) is 0 Å². The van der Waals surface area contributed by atoms with Crippen LogP contribution in [0.15, 0.2) is 17.7 Å². The number of amides is 4. The predicted molar refractivity (Wildman–Crippen MR) is 94.2 cm³/mol. The number of benzene rings is 1. The summed E-state index contributed by atoms with van der Waals surface area (Å²) in [6.45, 7) is 2.21. The van der Waals surface area contributed by atoms with Gasteiger partial charge in [-0.1, -0.05) is 0 Å². The maximum absolute atomic E-state index is 12.4. The topological polar surface area (TPSA) is 60.9 Å². The second kappa shape index (κ2) is 5.72. The van der Waals surface area contributed by atoms with E-state index in [4.69, 9.17) is 0 Å². The van der Waals surface area contributed by atoms with E-state index in [0.717, 1.165) is 54.1 Å². The molecule has 6 heteroatoms. The molecule has 3 heterocycles. The third kappa shape index (κ3) is 2.44. The van der Waals surface area contributed by atoms with E-state index in [1.165, 1.54) is 30.9 Å². The summed E-state index contributed by atoms with van der Waals surface area (Å²) in [6, 6.07) is 3.57. The molecule has 1 aromatic rings. The van der Waals surface area contributed by atoms with Gasteiger partial charge in [0.05, 0.1) is 0 Å². The first-order valence-electron chi connectivity index (χ1n) is 8.70. The fourth-order valence-corrected chi connectivity index (χ4v) is 4.06. The maximum Gasteiger partial charge on any atom is 0.333 e. The summed E-state index contributed by atoms with van der Waals surface area (Å²) >= 11 is 0. The standard InChI is InChI=1S/C19H21N3O3/c1-20-17(23)15(18(24)21(2)19(20)25)11-12-9-13-5-3-7-22-8-4-6-14(10-12)16(13)22/h9-11H,3-8H2,1-2H3. The number of barbiturate groups is 1. The number of urea groups is 1. The first-order valence-corrected chi connectivity index (χ1v) is 8.70. The van der Waals surface area contributed by atoms with Crippen LogP contribution in [0.2, 0.25) is 0 Å². The van der Waals surface area contributed by atoms with E-state index in [1.807, 2.05) is 0 Å². The van der Waals surface area contributed by atoms with Gasteiger partial charge in [-0.25, -0.2) is 4.79 Å². The average molecular weight is 339 g/mol. The molecule has 6 nitrogen and oxygen atoms in total. The first-order chi connectivity index (χ1) is 12.0. The molecule has 4 rings (SSSR count). The molecule has 0 spiro atoms. The SMILES string of the molecule is CN1C(=O)C(=Cc2cc3c4c(c2)CCCN4CCC3)C(=O)N(C)C1=O. The van der Waals surface area contributed by atoms with Crippen LogP contribution >= 0.6 is 0 Å². The quantitative estimate of drug-likeness (QED) is 0.578. The van der Waals surface area contributed by atoms with E-state index in [-0.39, 0.29) is 5.57 Å². The van der Waals surface area contributed by atoms with Crippen LogP contribution in [0.1, 0.15) is 29.5 Å². The molecule has 1 aromatic carbocycles. The number of hydrogen-bond donors (Lipinski definition) is 0. The zero-order valence-corrected chi connectivity index (χ0v) is 14.5. The molecule has 4 amide bonds. The molecule has 0 bridgehead atoms. The van der Waals surface area contributed by atoms with Gasteiger partial charge in [0.1, 0.15) is 5.57 Å². The van der Waals surface area contributed by atoms with Gasteiger partial charge in [0.25, 0.3) is 11.8 Å². The maximum atomic E-state index is 12.4. The minimum atomic E-state index is -0.594. The summed E-state index contributed by atoms with van der Waals surface area (Å²) in [5.74, 6) is -1.08. The lowest BCUT2D eigenvalue weighted by atomic mass is 9.89. The molecule has 130 valence electrons. The van der Waals surface area contributed by atoms with Gasteiger partial charge in [0.15, 0.2) is 0 Å². The van der Waals surface area contributed by atoms with Gasteiger partial charge in [-0.05, 0) is 60.6 Å². The third-order valence-electron chi connectivity index (χ3n) is 5.31. The Labute approximate surface area is 146 Å². The van der Waals surface area contributed by atoms with Gasteiger partial charge in [-0.3, -0.25) is 19.4 Å². The Kier molecular flexibility index (Phi) is 3.63. The van der Waals surface area contributed by atoms with Crippen LogP contribution < -0.4 is 4.90 Å². The summed E-state index contributed by atoms with van der Waals surface area (Å²) in [5.41, 5.74) is 4.85. The van der Waals surface area contributed by atoms with Crippen molar-refractivity contribution in [1.82, 2.24) is 9.80 Å². The van der Waals surface area contributed by atoms with Crippen LogP contribution in [-0.2, 0) is 22.4 Å². The van der Waals surface area contributed by atoms with Gasteiger partial charge >= 0.3 is 6.03 Å². The monoisotopic (exact) mass is 339 g/mol. The summed E-state index contributed by atoms with van der Waals surface area (Å²) in [6.07, 6.45) is 5.94. The van der Waals surface area contributed by atoms with E-state index < -0.39 is 17.8 Å². The molecular weight excluding hydrogens is 318 g/mol. The summed E-state index contributed by atoms with van der Waals surface area (Å²) in [5, 5.41) is 0. The third-order valence-corrected chi connectivity index (χ3v) is 5.31. The minimum Gasteiger partial charge on any atom is -0.371 e. The highest BCUT2D eigenvalue weighted by Crippen LogP contribution is 2.36. The number of anilines is 1. The Morgan fingerprint density at radius 1 is 0.880 bits per heavy atom. The van der Waals surface area contributed by atoms with Gasteiger partial charge in [0, 0.05) is 32.9 Å². The minimum absolute atomic E-state index is 0.0419. The van der Waals surface area contributed by atoms with Crippen molar-refractivity contribution in [2.75, 3.05) is 32.1 Å². The van der Waals surface area contributed by atoms with Crippen molar-refractivity contribution in [3.05, 3.63) is 34.4 Å². The lowest BCUT2D eigenvalue weighted by Crippen LogP contribution is -2.52. The number of aryl methyl sites for hydroxylation is 2. The summed E-state index contributed by atoms with van der Waals surface area (Å²) in [4.78, 5) is 41.0. The lowest BCUT2D eigenvalue weighted by molar-refractivity contribution is -0.134. The highest BCUT2D eigenvalue weighted by atomic mass is 16.2. The molecule has 0 radical (unpaired) electrons. The highest BCUT2D eigenvalue weighted by molar-refractivity contribution is 6.30. The largest absolute Gasteiger partial charge is 0.371 e. The van der Waals surface area contributed by atoms with Gasteiger partial charge in [0.2, 0.25) is 0 Å². The van der Waals surface area contributed by atoms with Crippen molar-refractivity contribution in [1.29, 1.82) is 0 Å². The molecule has 0 aliphatic carbocycles. The predicted octanol–water partition coefficient (Wildman–Crippen LogP) is 1.82. The Hall–Kier alpha value is -2.63. The van der Waals surface area contributed by atoms with E-state index in [0.29, 0.717) is 0 Å². The van der Waals surface area contributed by atoms with Crippen LogP contribution in [-0.4, -0.2) is 54.8 Å². The summed E-state index contributed by atoms with van der Waals surface area (Å²) in [7, 11) is 2.80. The number of carbonyl (C=O) groups is 3. The molecule has 0 saturated carbocycles. The normalized spacial score (nSPS) is 20.2. The molecule has 0 aromatic heterocycles. The van der Waals surface area contributed by atoms with Crippen molar-refractivity contribution in [2.45, 2.75) is 25.7 Å². The fourth-order valence-electron chi connectivity index (χ4n) is 4.06. The van der Waals surface area contributed by atoms with Gasteiger partial charge < -0.3 is 4.90 Å². The van der Waals surface area contributed by atoms with Crippen LogP contribution in [0, 0.1) is 0 Å². The molecule has 0 N–H and O–H groups in total. The zero-order valence-electron chi connectivity index (χ0n) is 14.5. The smallest absolute Gasteiger partial charge is 0.333 e. The fraction of sp³-hybridized carbons (Fsp3) is 0.421. The first kappa shape index (κ1) is 15.9. The van der Waals surface area contributed by atoms with E-state index in [2.05, 4.69) is 17.0 Å². The number of hydrogen-bond acceptors (Lipinski definition) is 4. The van der Waals surface area contributed by atoms with Crippen molar-refractivity contribution in [3.8, 4) is 0 Å². The van der Waals surface area contributed by atoms with E-state index in [9.17, 15) is 14.4 Å².